The Morgan fingerprint density at radius 3 is 1.28 bits per heavy atom. The van der Waals surface area contributed by atoms with Crippen molar-refractivity contribution in [1.29, 1.82) is 0 Å². The second-order valence-electron chi connectivity index (χ2n) is 13.7. The number of aryl methyl sites for hydroxylation is 1. The molecule has 0 unspecified atom stereocenters. The summed E-state index contributed by atoms with van der Waals surface area (Å²) in [6, 6.07) is 44.6. The third-order valence-corrected chi connectivity index (χ3v) is 13.4. The van der Waals surface area contributed by atoms with Crippen LogP contribution in [-0.4, -0.2) is 18.1 Å². The van der Waals surface area contributed by atoms with Crippen LogP contribution >= 0.6 is 7.26 Å². The van der Waals surface area contributed by atoms with E-state index in [9.17, 15) is 18.1 Å². The Morgan fingerprint density at radius 1 is 0.609 bits per heavy atom. The van der Waals surface area contributed by atoms with Crippen molar-refractivity contribution < 1.29 is 18.1 Å². The van der Waals surface area contributed by atoms with E-state index in [1.54, 1.807) is 0 Å². The summed E-state index contributed by atoms with van der Waals surface area (Å²) in [5, 5.41) is 14.7. The third-order valence-electron chi connectivity index (χ3n) is 8.25. The predicted octanol–water partition coefficient (Wildman–Crippen LogP) is 8.38. The summed E-state index contributed by atoms with van der Waals surface area (Å²) in [5.74, 6) is 0.0624. The molecule has 5 rings (SSSR count). The molecule has 0 saturated heterocycles. The van der Waals surface area contributed by atoms with Crippen molar-refractivity contribution in [3.63, 3.8) is 0 Å². The van der Waals surface area contributed by atoms with Crippen LogP contribution in [-0.2, 0) is 27.1 Å². The van der Waals surface area contributed by atoms with Gasteiger partial charge in [0, 0.05) is 11.1 Å². The normalized spacial score (nSPS) is 12.3. The van der Waals surface area contributed by atoms with Gasteiger partial charge in [-0.05, 0) is 77.4 Å². The lowest BCUT2D eigenvalue weighted by atomic mass is 9.79. The van der Waals surface area contributed by atoms with E-state index in [-0.39, 0.29) is 10.6 Å². The first-order valence-electron chi connectivity index (χ1n) is 15.5. The van der Waals surface area contributed by atoms with Gasteiger partial charge in [-0.2, -0.15) is 0 Å². The van der Waals surface area contributed by atoms with Gasteiger partial charge in [0.15, 0.2) is 0 Å². The second-order valence-corrected chi connectivity index (χ2v) is 18.6. The number of rotatable bonds is 6. The highest BCUT2D eigenvalue weighted by Crippen LogP contribution is 2.58. The van der Waals surface area contributed by atoms with Crippen molar-refractivity contribution in [1.82, 2.24) is 0 Å². The minimum Gasteiger partial charge on any atom is -0.744 e. The fraction of sp³-hybridized carbons (Fsp3) is 0.250. The molecule has 0 aromatic heterocycles. The van der Waals surface area contributed by atoms with E-state index in [4.69, 9.17) is 0 Å². The Balaban J connectivity index is 0.000000224. The molecular weight excluding hydrogens is 607 g/mol. The van der Waals surface area contributed by atoms with Gasteiger partial charge >= 0.3 is 0 Å². The maximum absolute atomic E-state index is 11.3. The SMILES string of the molecule is CC(C)(C)c1cc(S(=O)(=O)[O-])cc(C(C)(C)C)c1O.Cc1ccccc1C[P+](c1ccccc1)(c1ccccc1)c1ccccc1. The summed E-state index contributed by atoms with van der Waals surface area (Å²) in [4.78, 5) is -0.292. The van der Waals surface area contributed by atoms with Gasteiger partial charge < -0.3 is 9.66 Å². The molecule has 0 aliphatic rings. The monoisotopic (exact) mass is 652 g/mol. The topological polar surface area (TPSA) is 77.4 Å². The number of hydrogen-bond acceptors (Lipinski definition) is 4. The van der Waals surface area contributed by atoms with E-state index in [0.29, 0.717) is 11.1 Å². The maximum Gasteiger partial charge on any atom is 0.124 e. The lowest BCUT2D eigenvalue weighted by Gasteiger charge is -2.28. The van der Waals surface area contributed by atoms with Crippen molar-refractivity contribution >= 4 is 33.3 Å². The molecule has 0 aliphatic heterocycles. The predicted molar refractivity (Wildman–Crippen MR) is 194 cm³/mol. The number of benzene rings is 5. The summed E-state index contributed by atoms with van der Waals surface area (Å²) < 4.78 is 33.8. The number of aromatic hydroxyl groups is 1. The summed E-state index contributed by atoms with van der Waals surface area (Å²) in [5.41, 5.74) is 2.83. The number of phenols is 1. The van der Waals surface area contributed by atoms with E-state index in [1.807, 2.05) is 41.5 Å². The van der Waals surface area contributed by atoms with E-state index in [2.05, 4.69) is 122 Å². The molecule has 5 aromatic carbocycles. The molecule has 240 valence electrons. The average Bonchev–Trinajstić information content (AvgIpc) is 3.01. The number of hydrogen-bond donors (Lipinski definition) is 1. The van der Waals surface area contributed by atoms with Crippen molar-refractivity contribution in [2.45, 2.75) is 70.4 Å². The Hall–Kier alpha value is -3.76. The summed E-state index contributed by atoms with van der Waals surface area (Å²) >= 11 is 0. The summed E-state index contributed by atoms with van der Waals surface area (Å²) in [6.45, 7) is 13.4. The summed E-state index contributed by atoms with van der Waals surface area (Å²) in [6.07, 6.45) is 1.04. The van der Waals surface area contributed by atoms with Crippen LogP contribution in [0, 0.1) is 6.92 Å². The second kappa shape index (κ2) is 13.9. The molecule has 5 aromatic rings. The van der Waals surface area contributed by atoms with Gasteiger partial charge in [0.05, 0.1) is 11.1 Å². The van der Waals surface area contributed by atoms with Gasteiger partial charge in [0.1, 0.15) is 39.0 Å². The molecule has 46 heavy (non-hydrogen) atoms. The average molecular weight is 653 g/mol. The first-order chi connectivity index (χ1) is 21.5. The molecule has 0 heterocycles. The van der Waals surface area contributed by atoms with Crippen molar-refractivity contribution in [3.05, 3.63) is 150 Å². The fourth-order valence-electron chi connectivity index (χ4n) is 5.71. The van der Waals surface area contributed by atoms with Crippen LogP contribution in [0.4, 0.5) is 0 Å². The first kappa shape index (κ1) is 35.1. The molecule has 0 fully saturated rings. The Morgan fingerprint density at radius 2 is 0.957 bits per heavy atom. The molecule has 0 saturated carbocycles. The minimum atomic E-state index is -4.55. The molecule has 0 radical (unpaired) electrons. The zero-order valence-corrected chi connectivity index (χ0v) is 29.6. The molecule has 6 heteroatoms. The van der Waals surface area contributed by atoms with E-state index < -0.39 is 28.2 Å². The maximum atomic E-state index is 11.3. The van der Waals surface area contributed by atoms with Gasteiger partial charge in [-0.3, -0.25) is 0 Å². The van der Waals surface area contributed by atoms with Crippen molar-refractivity contribution in [2.24, 2.45) is 0 Å². The largest absolute Gasteiger partial charge is 0.744 e. The van der Waals surface area contributed by atoms with Gasteiger partial charge in [-0.1, -0.05) is 120 Å². The Kier molecular flexibility index (Phi) is 10.6. The van der Waals surface area contributed by atoms with Crippen LogP contribution in [0.25, 0.3) is 0 Å². The van der Waals surface area contributed by atoms with E-state index >= 15 is 0 Å². The number of phenolic OH excluding ortho intramolecular Hbond substituents is 1. The fourth-order valence-corrected chi connectivity index (χ4v) is 10.6. The molecule has 1 N–H and O–H groups in total. The standard InChI is InChI=1S/C26H24P.C14H22O4S/c1-22-13-11-12-14-23(22)21-27(24-15-5-2-6-16-24,25-17-7-3-8-18-25)26-19-9-4-10-20-26;1-13(2,3)10-7-9(19(16,17)18)8-11(12(10)15)14(4,5)6/h2-20H,21H2,1H3;7-8,15H,1-6H3,(H,16,17,18)/q+1;/p-1. The first-order valence-corrected chi connectivity index (χ1v) is 18.9. The molecule has 0 atom stereocenters. The molecule has 0 amide bonds. The van der Waals surface area contributed by atoms with Gasteiger partial charge in [-0.15, -0.1) is 0 Å². The lowest BCUT2D eigenvalue weighted by Crippen LogP contribution is -2.32. The molecule has 0 spiro atoms. The van der Waals surface area contributed by atoms with Crippen LogP contribution in [0.15, 0.2) is 132 Å². The Bertz CT molecular complexity index is 1720. The van der Waals surface area contributed by atoms with Crippen LogP contribution in [0.1, 0.15) is 63.8 Å². The zero-order valence-electron chi connectivity index (χ0n) is 27.9. The third kappa shape index (κ3) is 7.96. The van der Waals surface area contributed by atoms with E-state index in [0.717, 1.165) is 6.16 Å². The molecule has 4 nitrogen and oxygen atoms in total. The Labute approximate surface area is 276 Å². The molecule has 0 aliphatic carbocycles. The van der Waals surface area contributed by atoms with Gasteiger partial charge in [-0.25, -0.2) is 8.42 Å². The van der Waals surface area contributed by atoms with Crippen LogP contribution in [0.5, 0.6) is 5.75 Å². The smallest absolute Gasteiger partial charge is 0.124 e. The van der Waals surface area contributed by atoms with Crippen molar-refractivity contribution in [3.8, 4) is 5.75 Å². The molecular formula is C40H45O4PS. The van der Waals surface area contributed by atoms with Crippen LogP contribution in [0.2, 0.25) is 0 Å². The highest BCUT2D eigenvalue weighted by molar-refractivity contribution is 7.95. The van der Waals surface area contributed by atoms with E-state index in [1.165, 1.54) is 39.2 Å². The highest BCUT2D eigenvalue weighted by atomic mass is 32.2. The summed E-state index contributed by atoms with van der Waals surface area (Å²) in [7, 11) is -6.35. The molecule has 0 bridgehead atoms. The quantitative estimate of drug-likeness (QED) is 0.148. The minimum absolute atomic E-state index is 0.0624. The highest BCUT2D eigenvalue weighted by Gasteiger charge is 2.45. The van der Waals surface area contributed by atoms with Gasteiger partial charge in [0.2, 0.25) is 0 Å². The van der Waals surface area contributed by atoms with Crippen LogP contribution < -0.4 is 15.9 Å². The lowest BCUT2D eigenvalue weighted by molar-refractivity contribution is 0.420. The van der Waals surface area contributed by atoms with Crippen LogP contribution in [0.3, 0.4) is 0 Å². The van der Waals surface area contributed by atoms with Crippen molar-refractivity contribution in [2.75, 3.05) is 0 Å². The van der Waals surface area contributed by atoms with Gasteiger partial charge in [0.25, 0.3) is 0 Å². The zero-order chi connectivity index (χ0) is 33.8.